The van der Waals surface area contributed by atoms with Crippen molar-refractivity contribution in [3.63, 3.8) is 0 Å². The Morgan fingerprint density at radius 2 is 1.42 bits per heavy atom. The van der Waals surface area contributed by atoms with Crippen LogP contribution in [-0.2, 0) is 51.9 Å². The predicted molar refractivity (Wildman–Crippen MR) is 333 cm³/mol. The fourth-order valence-corrected chi connectivity index (χ4v) is 17.0. The third-order valence-electron chi connectivity index (χ3n) is 21.0. The van der Waals surface area contributed by atoms with Crippen LogP contribution in [0.4, 0.5) is 0 Å². The van der Waals surface area contributed by atoms with E-state index in [9.17, 15) is 53.2 Å². The van der Waals surface area contributed by atoms with Crippen LogP contribution in [0.1, 0.15) is 150 Å². The number of aryl methyl sites for hydroxylation is 2. The summed E-state index contributed by atoms with van der Waals surface area (Å²) in [5.41, 5.74) is 37.7. The van der Waals surface area contributed by atoms with Gasteiger partial charge >= 0.3 is 7.82 Å². The molecule has 8 rings (SSSR count). The lowest BCUT2D eigenvalue weighted by molar-refractivity contribution is -0.124. The van der Waals surface area contributed by atoms with Gasteiger partial charge in [-0.05, 0) is 114 Å². The Kier molecular flexibility index (Phi) is 19.8. The molecule has 2 aromatic rings. The number of nitrogens with two attached hydrogens (primary N) is 6. The molecule has 6 aliphatic heterocycles. The van der Waals surface area contributed by atoms with E-state index in [1.54, 1.807) is 4.57 Å². The highest BCUT2D eigenvalue weighted by Crippen LogP contribution is 2.62. The lowest BCUT2D eigenvalue weighted by Gasteiger charge is -2.49. The normalized spacial score (nSPS) is 34.5. The first-order chi connectivity index (χ1) is 41.8. The number of aliphatic hydroxyl groups is 2. The fraction of sp³-hybridized carbons (Fsp3) is 0.645. The number of aliphatic imine (C=N–C) groups is 2. The molecule has 7 heterocycles. The zero-order chi connectivity index (χ0) is 66.7. The molecule has 0 spiro atoms. The Labute approximate surface area is 524 Å². The number of nitrogens with zero attached hydrogens (tertiary/aromatic N) is 4. The molecule has 3 saturated heterocycles. The largest absolute Gasteiger partial charge is 0.472 e. The number of carbonyl (C=O) groups is 7. The molecule has 90 heavy (non-hydrogen) atoms. The second-order valence-electron chi connectivity index (χ2n) is 27.4. The zero-order valence-electron chi connectivity index (χ0n) is 53.4. The number of ether oxygens (including phenoxy) is 1. The molecule has 18 N–H and O–H groups in total. The van der Waals surface area contributed by atoms with E-state index < -0.39 is 149 Å². The monoisotopic (exact) mass is 1270 g/mol. The van der Waals surface area contributed by atoms with Crippen molar-refractivity contribution in [1.29, 1.82) is 0 Å². The van der Waals surface area contributed by atoms with Gasteiger partial charge in [-0.25, -0.2) is 9.55 Å². The van der Waals surface area contributed by atoms with E-state index >= 15 is 0 Å². The number of phosphoric ester groups is 1. The SMILES string of the molecule is C/C1=C2/N=C(C=C3N/C(=C(/C)C4N[C@@](C)([C@@H]5N=C1[C@](C)(CCC(=O)NC[C@@H](C)OP(=O)(O)O[C@H]1[C@@H](O)[C@@H](n6cnc7cc(C)c(C)cc76)O[C@@H]1CO)[C@H]5CC(N)=O)[C@@](C)(CC(N)=O)[C@@H]4CCC(N)=O)[C@@](C)(CC(N)=O)[C@@H]3CCC(N)=O)C(C)(C)[C@@H]2CCC(N)=O. The number of rotatable bonds is 26. The van der Waals surface area contributed by atoms with Crippen LogP contribution in [0.15, 0.2) is 62.8 Å². The van der Waals surface area contributed by atoms with Crippen molar-refractivity contribution in [2.24, 2.45) is 89.7 Å². The Hall–Kier alpha value is -6.71. The van der Waals surface area contributed by atoms with Gasteiger partial charge in [-0.15, -0.1) is 0 Å². The third kappa shape index (κ3) is 13.1. The summed E-state index contributed by atoms with van der Waals surface area (Å²) in [6.07, 6.45) is -3.91. The second kappa shape index (κ2) is 25.8. The molecule has 0 saturated carbocycles. The molecule has 28 heteroatoms. The van der Waals surface area contributed by atoms with Gasteiger partial charge in [0.15, 0.2) is 6.23 Å². The summed E-state index contributed by atoms with van der Waals surface area (Å²) in [4.78, 5) is 120. The number of primary amides is 6. The van der Waals surface area contributed by atoms with Crippen LogP contribution in [0.5, 0.6) is 0 Å². The number of carbonyl (C=O) groups excluding carboxylic acids is 7. The van der Waals surface area contributed by atoms with E-state index in [2.05, 4.69) is 20.9 Å². The van der Waals surface area contributed by atoms with Gasteiger partial charge in [0.25, 0.3) is 0 Å². The van der Waals surface area contributed by atoms with E-state index in [0.717, 1.165) is 11.1 Å². The van der Waals surface area contributed by atoms with E-state index in [0.29, 0.717) is 50.7 Å². The zero-order valence-corrected chi connectivity index (χ0v) is 54.3. The number of hydrogen-bond donors (Lipinski definition) is 12. The molecule has 494 valence electrons. The maximum atomic E-state index is 14.4. The lowest BCUT2D eigenvalue weighted by atomic mass is 9.56. The molecule has 0 aliphatic carbocycles. The van der Waals surface area contributed by atoms with Crippen molar-refractivity contribution < 1.29 is 67.0 Å². The minimum atomic E-state index is -5.06. The fourth-order valence-electron chi connectivity index (χ4n) is 15.9. The Balaban J connectivity index is 1.19. The minimum absolute atomic E-state index is 0.00929. The number of aliphatic hydroxyl groups excluding tert-OH is 2. The number of phosphoric acid groups is 1. The molecule has 0 radical (unpaired) electrons. The molecule has 2 unspecified atom stereocenters. The van der Waals surface area contributed by atoms with Crippen LogP contribution < -0.4 is 50.4 Å². The first-order valence-electron chi connectivity index (χ1n) is 30.7. The highest BCUT2D eigenvalue weighted by Gasteiger charge is 2.68. The molecule has 1 aromatic heterocycles. The Morgan fingerprint density at radius 3 is 2.02 bits per heavy atom. The molecular weight excluding hydrogens is 1180 g/mol. The number of allylic oxidation sites excluding steroid dienone is 5. The van der Waals surface area contributed by atoms with Crippen molar-refractivity contribution >= 4 is 71.6 Å². The molecular formula is C62H92N13O14P. The topological polar surface area (TPSA) is 460 Å². The molecule has 1 aromatic carbocycles. The van der Waals surface area contributed by atoms with Gasteiger partial charge in [0.2, 0.25) is 41.4 Å². The molecule has 27 nitrogen and oxygen atoms in total. The van der Waals surface area contributed by atoms with E-state index in [-0.39, 0.29) is 77.2 Å². The maximum absolute atomic E-state index is 14.4. The van der Waals surface area contributed by atoms with Crippen LogP contribution in [-0.4, -0.2) is 133 Å². The first kappa shape index (κ1) is 69.2. The summed E-state index contributed by atoms with van der Waals surface area (Å²) in [6.45, 7) is 19.6. The van der Waals surface area contributed by atoms with Gasteiger partial charge in [0.05, 0.1) is 36.1 Å². The van der Waals surface area contributed by atoms with Crippen molar-refractivity contribution in [2.45, 2.75) is 195 Å². The number of benzene rings is 1. The Morgan fingerprint density at radius 1 is 0.811 bits per heavy atom. The van der Waals surface area contributed by atoms with Gasteiger partial charge in [-0.3, -0.25) is 52.6 Å². The summed E-state index contributed by atoms with van der Waals surface area (Å²) in [5, 5.41) is 32.2. The summed E-state index contributed by atoms with van der Waals surface area (Å²) in [6, 6.07) is 2.05. The van der Waals surface area contributed by atoms with E-state index in [1.165, 1.54) is 13.3 Å². The average molecular weight is 1270 g/mol. The summed E-state index contributed by atoms with van der Waals surface area (Å²) in [7, 11) is -5.06. The average Bonchev–Trinajstić information content (AvgIpc) is 1.53. The van der Waals surface area contributed by atoms with Gasteiger partial charge in [0, 0.05) is 131 Å². The molecule has 6 aliphatic rings. The number of nitrogens with one attached hydrogen (secondary N) is 3. The van der Waals surface area contributed by atoms with Crippen LogP contribution in [0.25, 0.3) is 11.0 Å². The van der Waals surface area contributed by atoms with Gasteiger partial charge in [0.1, 0.15) is 18.3 Å². The molecule has 3 fully saturated rings. The minimum Gasteiger partial charge on any atom is -0.394 e. The smallest absolute Gasteiger partial charge is 0.394 e. The van der Waals surface area contributed by atoms with Crippen molar-refractivity contribution in [3.8, 4) is 0 Å². The second-order valence-corrected chi connectivity index (χ2v) is 28.7. The number of aromatic nitrogens is 2. The maximum Gasteiger partial charge on any atom is 0.472 e. The number of amides is 7. The highest BCUT2D eigenvalue weighted by molar-refractivity contribution is 7.47. The van der Waals surface area contributed by atoms with Gasteiger partial charge in [-0.1, -0.05) is 34.6 Å². The third-order valence-corrected chi connectivity index (χ3v) is 22.1. The van der Waals surface area contributed by atoms with Crippen molar-refractivity contribution in [2.75, 3.05) is 13.2 Å². The quantitative estimate of drug-likeness (QED) is 0.0602. The number of hydrogen-bond acceptors (Lipinski definition) is 18. The standard InChI is InChI=1S/C62H92N13O14P/c1-29-20-39-40(21-30(29)2)75(28-70-39)57-52(84)53(41(27-76)87-57)89-90(85,86)88-31(3)26-69-49(83)18-19-59(8)37(22-46(66)80)56-62(11)61(10,25-48(68)82)36(14-17-45(65)79)51(74-62)33(5)55-60(9,24-47(67)81)34(12-15-43(63)77)38(71-55)23-42-58(6,7)35(13-16-44(64)78)50(72-42)32(4)54(59)73-56/h20-21,23,28,31,34-37,41,51-53,56-57,71,74,76,84H,12-19,22,24-27H2,1-11H3,(H2,63,77)(H2,64,78)(H2,65,79)(H2,66,80)(H2,67,81)(H2,68,82)(H,69,83)(H,85,86)/b38-23?,50-32-,55-33-/t31-,34-,35-,36-,37+,41-,51?,52-,53-,56-,57+,59-,60+,61+,62+/m1/s1. The van der Waals surface area contributed by atoms with Gasteiger partial charge < -0.3 is 74.8 Å². The van der Waals surface area contributed by atoms with Crippen LogP contribution >= 0.6 is 7.82 Å². The van der Waals surface area contributed by atoms with Crippen LogP contribution in [0.3, 0.4) is 0 Å². The van der Waals surface area contributed by atoms with Crippen LogP contribution in [0, 0.1) is 59.2 Å². The number of imidazole rings is 1. The summed E-state index contributed by atoms with van der Waals surface area (Å²) >= 11 is 0. The first-order valence-corrected chi connectivity index (χ1v) is 32.2. The van der Waals surface area contributed by atoms with Crippen LogP contribution in [0.2, 0.25) is 0 Å². The summed E-state index contributed by atoms with van der Waals surface area (Å²) < 4.78 is 32.3. The van der Waals surface area contributed by atoms with Crippen molar-refractivity contribution in [3.05, 3.63) is 63.9 Å². The molecule has 8 bridgehead atoms. The highest BCUT2D eigenvalue weighted by atomic mass is 31.2. The Bertz CT molecular complexity index is 3470. The molecule has 16 atom stereocenters. The summed E-state index contributed by atoms with van der Waals surface area (Å²) in [5.74, 6) is -6.83. The van der Waals surface area contributed by atoms with Crippen molar-refractivity contribution in [1.82, 2.24) is 25.5 Å². The predicted octanol–water partition coefficient (Wildman–Crippen LogP) is 2.68. The van der Waals surface area contributed by atoms with E-state index in [1.807, 2.05) is 87.4 Å². The molecule has 7 amide bonds. The van der Waals surface area contributed by atoms with Gasteiger partial charge in [-0.2, -0.15) is 0 Å². The lowest BCUT2D eigenvalue weighted by Crippen LogP contribution is -2.61. The van der Waals surface area contributed by atoms with E-state index in [4.69, 9.17) is 58.2 Å². The number of fused-ring (bicyclic) bond motifs is 8.